The molecule has 0 radical (unpaired) electrons. The van der Waals surface area contributed by atoms with E-state index in [0.717, 1.165) is 13.0 Å². The molecule has 0 spiro atoms. The van der Waals surface area contributed by atoms with E-state index in [0.29, 0.717) is 0 Å². The number of allylic oxidation sites excluding steroid dienone is 1. The lowest BCUT2D eigenvalue weighted by molar-refractivity contribution is 0.389. The third-order valence-electron chi connectivity index (χ3n) is 2.71. The first-order chi connectivity index (χ1) is 7.66. The van der Waals surface area contributed by atoms with E-state index in [1.807, 2.05) is 0 Å². The number of nitrogens with one attached hydrogen (secondary N) is 1. The van der Waals surface area contributed by atoms with Crippen molar-refractivity contribution < 1.29 is 0 Å². The molecule has 0 amide bonds. The number of nitrogens with zero attached hydrogens (tertiary/aromatic N) is 1. The van der Waals surface area contributed by atoms with Gasteiger partial charge < -0.3 is 10.2 Å². The van der Waals surface area contributed by atoms with Gasteiger partial charge in [0, 0.05) is 12.2 Å². The highest BCUT2D eigenvalue weighted by molar-refractivity contribution is 4.89. The molecule has 0 aromatic heterocycles. The first-order valence-electron chi connectivity index (χ1n) is 6.73. The number of hydrogen-bond acceptors (Lipinski definition) is 2. The third-order valence-corrected chi connectivity index (χ3v) is 2.71. The molecule has 0 aliphatic heterocycles. The second-order valence-electron chi connectivity index (χ2n) is 4.85. The smallest absolute Gasteiger partial charge is 0.0143 e. The van der Waals surface area contributed by atoms with Crippen molar-refractivity contribution in [2.24, 2.45) is 0 Å². The van der Waals surface area contributed by atoms with E-state index >= 15 is 0 Å². The summed E-state index contributed by atoms with van der Waals surface area (Å²) in [4.78, 5) is 2.26. The predicted molar refractivity (Wildman–Crippen MR) is 73.7 cm³/mol. The summed E-state index contributed by atoms with van der Waals surface area (Å²) in [5.41, 5.74) is 1.20. The van der Waals surface area contributed by atoms with Crippen LogP contribution < -0.4 is 5.32 Å². The fourth-order valence-electron chi connectivity index (χ4n) is 1.74. The van der Waals surface area contributed by atoms with E-state index in [2.05, 4.69) is 37.8 Å². The van der Waals surface area contributed by atoms with Crippen LogP contribution in [-0.4, -0.2) is 32.1 Å². The molecule has 0 unspecified atom stereocenters. The molecule has 1 N–H and O–H groups in total. The van der Waals surface area contributed by atoms with Gasteiger partial charge in [0.1, 0.15) is 0 Å². The lowest BCUT2D eigenvalue weighted by Crippen LogP contribution is -2.14. The van der Waals surface area contributed by atoms with Gasteiger partial charge in [-0.2, -0.15) is 0 Å². The van der Waals surface area contributed by atoms with Gasteiger partial charge in [-0.05, 0) is 39.9 Å². The van der Waals surface area contributed by atoms with Crippen LogP contribution in [0.15, 0.2) is 12.3 Å². The molecule has 0 atom stereocenters. The van der Waals surface area contributed by atoms with Gasteiger partial charge in [-0.25, -0.2) is 0 Å². The van der Waals surface area contributed by atoms with E-state index in [1.54, 1.807) is 0 Å². The summed E-state index contributed by atoms with van der Waals surface area (Å²) in [5.74, 6) is 0. The molecule has 0 aliphatic carbocycles. The topological polar surface area (TPSA) is 15.3 Å². The molecule has 0 saturated heterocycles. The average molecular weight is 226 g/mol. The SMILES string of the molecule is C=C(CCC)NCCCCCCCN(C)C. The highest BCUT2D eigenvalue weighted by Gasteiger charge is 1.94. The standard InChI is InChI=1S/C14H30N2/c1-5-11-14(2)15-12-9-7-6-8-10-13-16(3)4/h15H,2,5-13H2,1,3-4H3. The molecular weight excluding hydrogens is 196 g/mol. The molecule has 96 valence electrons. The van der Waals surface area contributed by atoms with Crippen LogP contribution in [-0.2, 0) is 0 Å². The predicted octanol–water partition coefficient (Wildman–Crippen LogP) is 3.40. The second kappa shape index (κ2) is 11.0. The molecule has 2 nitrogen and oxygen atoms in total. The summed E-state index contributed by atoms with van der Waals surface area (Å²) in [6, 6.07) is 0. The van der Waals surface area contributed by atoms with E-state index in [9.17, 15) is 0 Å². The molecule has 2 heteroatoms. The maximum absolute atomic E-state index is 3.99. The second-order valence-corrected chi connectivity index (χ2v) is 4.85. The molecule has 0 saturated carbocycles. The van der Waals surface area contributed by atoms with Gasteiger partial charge in [0.25, 0.3) is 0 Å². The summed E-state index contributed by atoms with van der Waals surface area (Å²) in [5, 5.41) is 3.39. The zero-order valence-corrected chi connectivity index (χ0v) is 11.5. The fourth-order valence-corrected chi connectivity index (χ4v) is 1.74. The van der Waals surface area contributed by atoms with Gasteiger partial charge in [-0.15, -0.1) is 0 Å². The fraction of sp³-hybridized carbons (Fsp3) is 0.857. The molecule has 16 heavy (non-hydrogen) atoms. The van der Waals surface area contributed by atoms with Crippen LogP contribution in [0.4, 0.5) is 0 Å². The number of hydrogen-bond donors (Lipinski definition) is 1. The minimum atomic E-state index is 1.10. The normalized spacial score (nSPS) is 10.8. The van der Waals surface area contributed by atoms with Crippen LogP contribution in [0.3, 0.4) is 0 Å². The van der Waals surface area contributed by atoms with Crippen LogP contribution in [0.2, 0.25) is 0 Å². The largest absolute Gasteiger partial charge is 0.389 e. The highest BCUT2D eigenvalue weighted by Crippen LogP contribution is 2.04. The zero-order valence-electron chi connectivity index (χ0n) is 11.5. The molecular formula is C14H30N2. The minimum Gasteiger partial charge on any atom is -0.389 e. The van der Waals surface area contributed by atoms with Crippen molar-refractivity contribution in [3.05, 3.63) is 12.3 Å². The summed E-state index contributed by atoms with van der Waals surface area (Å²) in [7, 11) is 4.28. The first kappa shape index (κ1) is 15.5. The quantitative estimate of drug-likeness (QED) is 0.543. The Bertz CT molecular complexity index is 164. The van der Waals surface area contributed by atoms with E-state index < -0.39 is 0 Å². The summed E-state index contributed by atoms with van der Waals surface area (Å²) in [6.45, 7) is 8.52. The summed E-state index contributed by atoms with van der Waals surface area (Å²) in [6.07, 6.45) is 9.01. The van der Waals surface area contributed by atoms with Gasteiger partial charge in [0.05, 0.1) is 0 Å². The average Bonchev–Trinajstić information content (AvgIpc) is 2.22. The Labute approximate surface area is 102 Å². The van der Waals surface area contributed by atoms with E-state index in [4.69, 9.17) is 0 Å². The first-order valence-corrected chi connectivity index (χ1v) is 6.73. The number of rotatable bonds is 11. The van der Waals surface area contributed by atoms with Gasteiger partial charge in [-0.3, -0.25) is 0 Å². The van der Waals surface area contributed by atoms with Crippen molar-refractivity contribution in [2.45, 2.75) is 51.9 Å². The Morgan fingerprint density at radius 3 is 2.31 bits per heavy atom. The van der Waals surface area contributed by atoms with Crippen LogP contribution in [0, 0.1) is 0 Å². The Balaban J connectivity index is 3.07. The van der Waals surface area contributed by atoms with Crippen LogP contribution in [0.25, 0.3) is 0 Å². The maximum Gasteiger partial charge on any atom is 0.0143 e. The van der Waals surface area contributed by atoms with Crippen molar-refractivity contribution in [1.29, 1.82) is 0 Å². The molecule has 0 aliphatic rings. The molecule has 0 fully saturated rings. The van der Waals surface area contributed by atoms with E-state index in [-0.39, 0.29) is 0 Å². The summed E-state index contributed by atoms with van der Waals surface area (Å²) >= 11 is 0. The maximum atomic E-state index is 3.99. The lowest BCUT2D eigenvalue weighted by Gasteiger charge is -2.09. The van der Waals surface area contributed by atoms with Gasteiger partial charge in [0.2, 0.25) is 0 Å². The van der Waals surface area contributed by atoms with Crippen LogP contribution in [0.5, 0.6) is 0 Å². The van der Waals surface area contributed by atoms with Crippen molar-refractivity contribution >= 4 is 0 Å². The minimum absolute atomic E-state index is 1.10. The molecule has 0 rings (SSSR count). The zero-order chi connectivity index (χ0) is 12.2. The Kier molecular flexibility index (Phi) is 10.7. The lowest BCUT2D eigenvalue weighted by atomic mass is 10.1. The highest BCUT2D eigenvalue weighted by atomic mass is 15.0. The van der Waals surface area contributed by atoms with Crippen molar-refractivity contribution in [3.8, 4) is 0 Å². The van der Waals surface area contributed by atoms with Crippen molar-refractivity contribution in [3.63, 3.8) is 0 Å². The van der Waals surface area contributed by atoms with Gasteiger partial charge in [-0.1, -0.05) is 39.2 Å². The molecule has 0 bridgehead atoms. The van der Waals surface area contributed by atoms with Crippen LogP contribution in [0.1, 0.15) is 51.9 Å². The van der Waals surface area contributed by atoms with Crippen LogP contribution >= 0.6 is 0 Å². The van der Waals surface area contributed by atoms with E-state index in [1.165, 1.54) is 50.8 Å². The third kappa shape index (κ3) is 11.6. The van der Waals surface area contributed by atoms with Gasteiger partial charge >= 0.3 is 0 Å². The molecule has 0 aromatic rings. The molecule has 0 aromatic carbocycles. The van der Waals surface area contributed by atoms with Crippen molar-refractivity contribution in [2.75, 3.05) is 27.2 Å². The monoisotopic (exact) mass is 226 g/mol. The van der Waals surface area contributed by atoms with Crippen molar-refractivity contribution in [1.82, 2.24) is 10.2 Å². The molecule has 0 heterocycles. The Morgan fingerprint density at radius 2 is 1.69 bits per heavy atom. The Hall–Kier alpha value is -0.500. The van der Waals surface area contributed by atoms with Gasteiger partial charge in [0.15, 0.2) is 0 Å². The Morgan fingerprint density at radius 1 is 1.06 bits per heavy atom. The summed E-state index contributed by atoms with van der Waals surface area (Å²) < 4.78 is 0. The number of unbranched alkanes of at least 4 members (excludes halogenated alkanes) is 4.